The predicted molar refractivity (Wildman–Crippen MR) is 83.6 cm³/mol. The molecule has 3 heteroatoms. The van der Waals surface area contributed by atoms with Gasteiger partial charge in [-0.05, 0) is 28.8 Å². The highest BCUT2D eigenvalue weighted by Crippen LogP contribution is 2.31. The van der Waals surface area contributed by atoms with Gasteiger partial charge < -0.3 is 5.32 Å². The molecule has 0 aliphatic carbocycles. The third-order valence-corrected chi connectivity index (χ3v) is 4.73. The fourth-order valence-corrected chi connectivity index (χ4v) is 3.79. The molecule has 0 bridgehead atoms. The van der Waals surface area contributed by atoms with E-state index in [0.29, 0.717) is 6.04 Å². The molecule has 0 spiro atoms. The maximum absolute atomic E-state index is 6.02. The van der Waals surface area contributed by atoms with Crippen LogP contribution in [0.25, 0.3) is 0 Å². The summed E-state index contributed by atoms with van der Waals surface area (Å²) in [7, 11) is 0. The molecule has 0 amide bonds. The van der Waals surface area contributed by atoms with Crippen molar-refractivity contribution in [3.8, 4) is 0 Å². The molecule has 1 atom stereocenters. The van der Waals surface area contributed by atoms with Crippen LogP contribution in [0.5, 0.6) is 0 Å². The van der Waals surface area contributed by atoms with Crippen molar-refractivity contribution in [2.75, 3.05) is 5.75 Å². The van der Waals surface area contributed by atoms with Crippen molar-refractivity contribution in [2.24, 2.45) is 0 Å². The van der Waals surface area contributed by atoms with Gasteiger partial charge in [0.05, 0.1) is 0 Å². The van der Waals surface area contributed by atoms with Gasteiger partial charge in [0.2, 0.25) is 0 Å². The number of nitrogens with one attached hydrogen (secondary N) is 1. The van der Waals surface area contributed by atoms with Crippen LogP contribution in [0.3, 0.4) is 0 Å². The zero-order valence-corrected chi connectivity index (χ0v) is 12.2. The van der Waals surface area contributed by atoms with E-state index in [-0.39, 0.29) is 0 Å². The summed E-state index contributed by atoms with van der Waals surface area (Å²) < 4.78 is 0. The van der Waals surface area contributed by atoms with Crippen molar-refractivity contribution >= 4 is 23.4 Å². The monoisotopic (exact) mass is 289 g/mol. The molecule has 1 aliphatic heterocycles. The summed E-state index contributed by atoms with van der Waals surface area (Å²) >= 11 is 8.01. The van der Waals surface area contributed by atoms with E-state index in [1.54, 1.807) is 0 Å². The normalized spacial score (nSPS) is 18.1. The van der Waals surface area contributed by atoms with Crippen molar-refractivity contribution in [1.29, 1.82) is 0 Å². The predicted octanol–water partition coefficient (Wildman–Crippen LogP) is 4.42. The van der Waals surface area contributed by atoms with Crippen LogP contribution < -0.4 is 5.32 Å². The number of fused-ring (bicyclic) bond motifs is 1. The summed E-state index contributed by atoms with van der Waals surface area (Å²) in [6.45, 7) is 0.861. The molecule has 1 nitrogen and oxygen atoms in total. The molecule has 1 aliphatic rings. The average Bonchev–Trinajstić information content (AvgIpc) is 2.45. The number of hydrogen-bond acceptors (Lipinski definition) is 2. The molecule has 2 aromatic carbocycles. The summed E-state index contributed by atoms with van der Waals surface area (Å²) in [5.74, 6) is 2.27. The Morgan fingerprint density at radius 3 is 2.95 bits per heavy atom. The van der Waals surface area contributed by atoms with E-state index in [4.69, 9.17) is 11.6 Å². The van der Waals surface area contributed by atoms with Crippen molar-refractivity contribution in [2.45, 2.75) is 18.3 Å². The summed E-state index contributed by atoms with van der Waals surface area (Å²) in [5, 5.41) is 4.45. The van der Waals surface area contributed by atoms with Gasteiger partial charge in [-0.2, -0.15) is 11.8 Å². The molecule has 0 saturated carbocycles. The number of hydrogen-bond donors (Lipinski definition) is 1. The minimum atomic E-state index is 0.439. The van der Waals surface area contributed by atoms with Crippen LogP contribution in [0, 0.1) is 0 Å². The van der Waals surface area contributed by atoms with Crippen molar-refractivity contribution < 1.29 is 0 Å². The van der Waals surface area contributed by atoms with E-state index in [2.05, 4.69) is 35.6 Å². The second-order valence-electron chi connectivity index (χ2n) is 4.78. The van der Waals surface area contributed by atoms with E-state index < -0.39 is 0 Å². The molecule has 19 heavy (non-hydrogen) atoms. The minimum absolute atomic E-state index is 0.439. The van der Waals surface area contributed by atoms with Crippen LogP contribution in [0.1, 0.15) is 22.7 Å². The number of rotatable bonds is 3. The second-order valence-corrected chi connectivity index (χ2v) is 6.24. The lowest BCUT2D eigenvalue weighted by Crippen LogP contribution is -2.26. The van der Waals surface area contributed by atoms with Gasteiger partial charge in [0.1, 0.15) is 0 Å². The van der Waals surface area contributed by atoms with E-state index in [9.17, 15) is 0 Å². The van der Waals surface area contributed by atoms with E-state index in [0.717, 1.165) is 23.1 Å². The third kappa shape index (κ3) is 3.14. The molecule has 0 fully saturated rings. The summed E-state index contributed by atoms with van der Waals surface area (Å²) in [5.41, 5.74) is 4.14. The first kappa shape index (κ1) is 13.0. The van der Waals surface area contributed by atoms with Crippen LogP contribution in [-0.4, -0.2) is 5.75 Å². The Bertz CT molecular complexity index is 570. The molecular formula is C16H16ClNS. The first-order valence-electron chi connectivity index (χ1n) is 6.46. The number of halogens is 1. The van der Waals surface area contributed by atoms with Crippen molar-refractivity contribution in [3.05, 3.63) is 70.2 Å². The standard InChI is InChI=1S/C16H16ClNS/c17-14-6-3-4-12(8-14)9-18-16-11-19-10-13-5-1-2-7-15(13)16/h1-8,16,18H,9-11H2. The second kappa shape index (κ2) is 6.00. The molecule has 2 aromatic rings. The molecule has 0 aromatic heterocycles. The first-order valence-corrected chi connectivity index (χ1v) is 7.99. The third-order valence-electron chi connectivity index (χ3n) is 3.41. The Kier molecular flexibility index (Phi) is 4.12. The maximum Gasteiger partial charge on any atom is 0.0417 e. The van der Waals surface area contributed by atoms with Gasteiger partial charge in [-0.1, -0.05) is 48.0 Å². The van der Waals surface area contributed by atoms with E-state index >= 15 is 0 Å². The maximum atomic E-state index is 6.02. The zero-order chi connectivity index (χ0) is 13.1. The largest absolute Gasteiger partial charge is 0.305 e. The number of thioether (sulfide) groups is 1. The number of benzene rings is 2. The highest BCUT2D eigenvalue weighted by atomic mass is 35.5. The van der Waals surface area contributed by atoms with Gasteiger partial charge in [0.25, 0.3) is 0 Å². The molecule has 0 radical (unpaired) electrons. The van der Waals surface area contributed by atoms with E-state index in [1.807, 2.05) is 30.0 Å². The van der Waals surface area contributed by atoms with Crippen molar-refractivity contribution in [3.63, 3.8) is 0 Å². The van der Waals surface area contributed by atoms with Crippen LogP contribution in [0.2, 0.25) is 5.02 Å². The van der Waals surface area contributed by atoms with Gasteiger partial charge in [-0.3, -0.25) is 0 Å². The highest BCUT2D eigenvalue weighted by Gasteiger charge is 2.19. The topological polar surface area (TPSA) is 12.0 Å². The van der Waals surface area contributed by atoms with Crippen molar-refractivity contribution in [1.82, 2.24) is 5.32 Å². The molecular weight excluding hydrogens is 274 g/mol. The summed E-state index contributed by atoms with van der Waals surface area (Å²) in [6.07, 6.45) is 0. The molecule has 3 rings (SSSR count). The summed E-state index contributed by atoms with van der Waals surface area (Å²) in [4.78, 5) is 0. The Morgan fingerprint density at radius 2 is 2.05 bits per heavy atom. The van der Waals surface area contributed by atoms with Crippen LogP contribution in [0.15, 0.2) is 48.5 Å². The van der Waals surface area contributed by atoms with E-state index in [1.165, 1.54) is 16.7 Å². The lowest BCUT2D eigenvalue weighted by Gasteiger charge is -2.26. The first-order chi connectivity index (χ1) is 9.33. The van der Waals surface area contributed by atoms with Gasteiger partial charge in [-0.15, -0.1) is 0 Å². The fraction of sp³-hybridized carbons (Fsp3) is 0.250. The van der Waals surface area contributed by atoms with Gasteiger partial charge in [0, 0.05) is 29.1 Å². The Labute approximate surface area is 123 Å². The summed E-state index contributed by atoms with van der Waals surface area (Å²) in [6, 6.07) is 17.2. The van der Waals surface area contributed by atoms with Crippen LogP contribution in [-0.2, 0) is 12.3 Å². The van der Waals surface area contributed by atoms with Crippen LogP contribution in [0.4, 0.5) is 0 Å². The smallest absolute Gasteiger partial charge is 0.0417 e. The average molecular weight is 290 g/mol. The Morgan fingerprint density at radius 1 is 1.16 bits per heavy atom. The Hall–Kier alpha value is -0.960. The fourth-order valence-electron chi connectivity index (χ4n) is 2.44. The quantitative estimate of drug-likeness (QED) is 0.898. The molecule has 0 saturated heterocycles. The molecule has 1 unspecified atom stereocenters. The van der Waals surface area contributed by atoms with Gasteiger partial charge in [0.15, 0.2) is 0 Å². The lowest BCUT2D eigenvalue weighted by molar-refractivity contribution is 0.575. The van der Waals surface area contributed by atoms with Crippen LogP contribution >= 0.6 is 23.4 Å². The highest BCUT2D eigenvalue weighted by molar-refractivity contribution is 7.98. The zero-order valence-electron chi connectivity index (χ0n) is 10.6. The molecule has 1 heterocycles. The van der Waals surface area contributed by atoms with Gasteiger partial charge in [-0.25, -0.2) is 0 Å². The minimum Gasteiger partial charge on any atom is -0.305 e. The van der Waals surface area contributed by atoms with Gasteiger partial charge >= 0.3 is 0 Å². The Balaban J connectivity index is 1.71. The molecule has 1 N–H and O–H groups in total. The SMILES string of the molecule is Clc1cccc(CNC2CSCc3ccccc32)c1. The lowest BCUT2D eigenvalue weighted by atomic mass is 10.0. The molecule has 98 valence electrons.